The number of nitrogens with zero attached hydrogens (tertiary/aromatic N) is 4. The fourth-order valence-electron chi connectivity index (χ4n) is 3.01. The standard InChI is InChI=1S/C18H28N6O4S/c1-12(28-18(19)25)8-6-5-7-9-16-17(21-23-24(16)3)15-11-10-14(13(2)20-15)22-29(4,26)27/h10-12,22H,5-9H2,1-4H3,(H2,19,25)/t12-/m1/s1. The molecule has 0 aromatic carbocycles. The first-order valence-corrected chi connectivity index (χ1v) is 11.3. The molecule has 0 unspecified atom stereocenters. The highest BCUT2D eigenvalue weighted by molar-refractivity contribution is 7.92. The van der Waals surface area contributed by atoms with Crippen LogP contribution < -0.4 is 10.5 Å². The van der Waals surface area contributed by atoms with Gasteiger partial charge in [-0.2, -0.15) is 0 Å². The van der Waals surface area contributed by atoms with Gasteiger partial charge in [0, 0.05) is 7.05 Å². The number of hydrogen-bond acceptors (Lipinski definition) is 7. The lowest BCUT2D eigenvalue weighted by Crippen LogP contribution is -2.20. The number of sulfonamides is 1. The zero-order chi connectivity index (χ0) is 21.6. The minimum Gasteiger partial charge on any atom is -0.447 e. The molecular weight excluding hydrogens is 396 g/mol. The lowest BCUT2D eigenvalue weighted by molar-refractivity contribution is 0.110. The second kappa shape index (κ2) is 9.68. The quantitative estimate of drug-likeness (QED) is 0.556. The number of carbonyl (C=O) groups excluding carboxylic acids is 1. The minimum atomic E-state index is -3.37. The first-order valence-electron chi connectivity index (χ1n) is 9.37. The van der Waals surface area contributed by atoms with Gasteiger partial charge in [-0.3, -0.25) is 9.40 Å². The van der Waals surface area contributed by atoms with Crippen molar-refractivity contribution in [1.82, 2.24) is 20.0 Å². The predicted molar refractivity (Wildman–Crippen MR) is 110 cm³/mol. The van der Waals surface area contributed by atoms with Crippen LogP contribution in [-0.4, -0.2) is 46.8 Å². The smallest absolute Gasteiger partial charge is 0.404 e. The average molecular weight is 425 g/mol. The second-order valence-corrected chi connectivity index (χ2v) is 8.81. The summed E-state index contributed by atoms with van der Waals surface area (Å²) < 4.78 is 32.0. The number of amides is 1. The topological polar surface area (TPSA) is 142 Å². The molecule has 0 bridgehead atoms. The van der Waals surface area contributed by atoms with Gasteiger partial charge in [-0.25, -0.2) is 18.2 Å². The van der Waals surface area contributed by atoms with Gasteiger partial charge in [-0.1, -0.05) is 11.6 Å². The van der Waals surface area contributed by atoms with E-state index in [0.29, 0.717) is 22.8 Å². The number of nitrogens with two attached hydrogens (primary N) is 1. The zero-order valence-electron chi connectivity index (χ0n) is 17.2. The maximum absolute atomic E-state index is 11.4. The summed E-state index contributed by atoms with van der Waals surface area (Å²) in [5.41, 5.74) is 8.30. The summed E-state index contributed by atoms with van der Waals surface area (Å²) in [5.74, 6) is 0. The molecule has 0 fully saturated rings. The van der Waals surface area contributed by atoms with Crippen LogP contribution in [0.3, 0.4) is 0 Å². The predicted octanol–water partition coefficient (Wildman–Crippen LogP) is 2.14. The van der Waals surface area contributed by atoms with Crippen molar-refractivity contribution in [3.05, 3.63) is 23.5 Å². The second-order valence-electron chi connectivity index (χ2n) is 7.06. The summed E-state index contributed by atoms with van der Waals surface area (Å²) >= 11 is 0. The Bertz CT molecular complexity index is 957. The van der Waals surface area contributed by atoms with E-state index >= 15 is 0 Å². The van der Waals surface area contributed by atoms with Gasteiger partial charge < -0.3 is 10.5 Å². The van der Waals surface area contributed by atoms with E-state index in [1.807, 2.05) is 14.0 Å². The maximum atomic E-state index is 11.4. The maximum Gasteiger partial charge on any atom is 0.404 e. The molecule has 11 heteroatoms. The Morgan fingerprint density at radius 2 is 2.03 bits per heavy atom. The molecule has 0 saturated carbocycles. The summed E-state index contributed by atoms with van der Waals surface area (Å²) in [7, 11) is -1.53. The molecule has 0 aliphatic carbocycles. The molecule has 10 nitrogen and oxygen atoms in total. The number of pyridine rings is 1. The van der Waals surface area contributed by atoms with Gasteiger partial charge in [0.2, 0.25) is 10.0 Å². The monoisotopic (exact) mass is 424 g/mol. The molecule has 0 aliphatic heterocycles. The van der Waals surface area contributed by atoms with Crippen molar-refractivity contribution in [3.63, 3.8) is 0 Å². The van der Waals surface area contributed by atoms with E-state index in [1.54, 1.807) is 23.7 Å². The molecule has 2 rings (SSSR count). The number of ether oxygens (including phenoxy) is 1. The van der Waals surface area contributed by atoms with Crippen molar-refractivity contribution in [2.45, 2.75) is 52.1 Å². The van der Waals surface area contributed by atoms with Crippen LogP contribution in [0.2, 0.25) is 0 Å². The summed E-state index contributed by atoms with van der Waals surface area (Å²) in [4.78, 5) is 15.2. The van der Waals surface area contributed by atoms with Gasteiger partial charge in [0.1, 0.15) is 11.8 Å². The normalized spacial score (nSPS) is 12.6. The van der Waals surface area contributed by atoms with Crippen LogP contribution in [0.25, 0.3) is 11.4 Å². The number of rotatable bonds is 10. The van der Waals surface area contributed by atoms with Crippen molar-refractivity contribution >= 4 is 21.8 Å². The van der Waals surface area contributed by atoms with Crippen molar-refractivity contribution in [3.8, 4) is 11.4 Å². The molecule has 2 aromatic heterocycles. The Balaban J connectivity index is 2.00. The van der Waals surface area contributed by atoms with Crippen LogP contribution in [0.15, 0.2) is 12.1 Å². The summed E-state index contributed by atoms with van der Waals surface area (Å²) in [6, 6.07) is 3.41. The number of aromatic nitrogens is 4. The van der Waals surface area contributed by atoms with Gasteiger partial charge in [0.15, 0.2) is 0 Å². The Labute approximate surface area is 170 Å². The Morgan fingerprint density at radius 3 is 2.66 bits per heavy atom. The fourth-order valence-corrected chi connectivity index (χ4v) is 3.63. The van der Waals surface area contributed by atoms with Crippen LogP contribution in [-0.2, 0) is 28.2 Å². The van der Waals surface area contributed by atoms with Crippen molar-refractivity contribution < 1.29 is 17.9 Å². The lowest BCUT2D eigenvalue weighted by atomic mass is 10.1. The molecule has 0 aliphatic rings. The number of primary amides is 1. The molecule has 0 spiro atoms. The fraction of sp³-hybridized carbons (Fsp3) is 0.556. The highest BCUT2D eigenvalue weighted by Gasteiger charge is 2.16. The molecule has 1 atom stereocenters. The van der Waals surface area contributed by atoms with Crippen LogP contribution >= 0.6 is 0 Å². The molecule has 2 heterocycles. The minimum absolute atomic E-state index is 0.187. The van der Waals surface area contributed by atoms with E-state index in [2.05, 4.69) is 20.0 Å². The van der Waals surface area contributed by atoms with Crippen molar-refractivity contribution in [2.24, 2.45) is 12.8 Å². The van der Waals surface area contributed by atoms with Crippen LogP contribution in [0, 0.1) is 6.92 Å². The summed E-state index contributed by atoms with van der Waals surface area (Å²) in [5, 5.41) is 8.34. The first-order chi connectivity index (χ1) is 13.6. The number of aryl methyl sites for hydroxylation is 2. The summed E-state index contributed by atoms with van der Waals surface area (Å²) in [6.45, 7) is 3.56. The average Bonchev–Trinajstić information content (AvgIpc) is 2.95. The number of nitrogens with one attached hydrogen (secondary N) is 1. The van der Waals surface area contributed by atoms with Crippen LogP contribution in [0.4, 0.5) is 10.5 Å². The third kappa shape index (κ3) is 7.00. The highest BCUT2D eigenvalue weighted by Crippen LogP contribution is 2.24. The molecule has 1 amide bonds. The van der Waals surface area contributed by atoms with Gasteiger partial charge in [-0.05, 0) is 51.7 Å². The van der Waals surface area contributed by atoms with E-state index in [9.17, 15) is 13.2 Å². The zero-order valence-corrected chi connectivity index (χ0v) is 18.0. The van der Waals surface area contributed by atoms with Crippen molar-refractivity contribution in [1.29, 1.82) is 0 Å². The molecule has 2 aromatic rings. The number of anilines is 1. The van der Waals surface area contributed by atoms with Crippen LogP contribution in [0.1, 0.15) is 44.0 Å². The van der Waals surface area contributed by atoms with Gasteiger partial charge in [0.25, 0.3) is 0 Å². The molecule has 160 valence electrons. The molecule has 29 heavy (non-hydrogen) atoms. The number of carbonyl (C=O) groups is 1. The van der Waals surface area contributed by atoms with E-state index in [0.717, 1.165) is 44.1 Å². The van der Waals surface area contributed by atoms with E-state index < -0.39 is 16.1 Å². The Morgan fingerprint density at radius 1 is 1.31 bits per heavy atom. The molecule has 3 N–H and O–H groups in total. The third-order valence-corrected chi connectivity index (χ3v) is 5.00. The SMILES string of the molecule is Cc1nc(-c2nnn(C)c2CCCCC[C@@H](C)OC(N)=O)ccc1NS(C)(=O)=O. The highest BCUT2D eigenvalue weighted by atomic mass is 32.2. The Kier molecular flexibility index (Phi) is 7.54. The largest absolute Gasteiger partial charge is 0.447 e. The van der Waals surface area contributed by atoms with Crippen LogP contribution in [0.5, 0.6) is 0 Å². The van der Waals surface area contributed by atoms with E-state index in [-0.39, 0.29) is 6.10 Å². The van der Waals surface area contributed by atoms with Gasteiger partial charge in [-0.15, -0.1) is 5.10 Å². The van der Waals surface area contributed by atoms with Crippen molar-refractivity contribution in [2.75, 3.05) is 11.0 Å². The van der Waals surface area contributed by atoms with Gasteiger partial charge >= 0.3 is 6.09 Å². The number of hydrogen-bond donors (Lipinski definition) is 2. The van der Waals surface area contributed by atoms with E-state index in [4.69, 9.17) is 10.5 Å². The summed E-state index contributed by atoms with van der Waals surface area (Å²) in [6.07, 6.45) is 4.49. The molecule has 0 saturated heterocycles. The lowest BCUT2D eigenvalue weighted by Gasteiger charge is -2.11. The Hall–Kier alpha value is -2.69. The molecular formula is C18H28N6O4S. The van der Waals surface area contributed by atoms with Gasteiger partial charge in [0.05, 0.1) is 29.0 Å². The first kappa shape index (κ1) is 22.6. The molecule has 0 radical (unpaired) electrons. The number of unbranched alkanes of at least 4 members (excludes halogenated alkanes) is 2. The van der Waals surface area contributed by atoms with E-state index in [1.165, 1.54) is 0 Å². The third-order valence-electron chi connectivity index (χ3n) is 4.41.